The van der Waals surface area contributed by atoms with Gasteiger partial charge in [0.15, 0.2) is 5.82 Å². The highest BCUT2D eigenvalue weighted by molar-refractivity contribution is 5.75. The second-order valence-corrected chi connectivity index (χ2v) is 7.17. The van der Waals surface area contributed by atoms with Crippen molar-refractivity contribution in [3.05, 3.63) is 11.7 Å². The number of carbonyl (C=O) groups is 1. The summed E-state index contributed by atoms with van der Waals surface area (Å²) < 4.78 is 5.21. The molecule has 0 aliphatic carbocycles. The van der Waals surface area contributed by atoms with E-state index < -0.39 is 16.9 Å². The first-order valence-electron chi connectivity index (χ1n) is 6.69. The molecule has 1 aromatic rings. The largest absolute Gasteiger partial charge is 0.481 e. The molecule has 0 aliphatic heterocycles. The fraction of sp³-hybridized carbons (Fsp3) is 0.786. The predicted molar refractivity (Wildman–Crippen MR) is 75.3 cm³/mol. The smallest absolute Gasteiger partial charge is 0.310 e. The van der Waals surface area contributed by atoms with Gasteiger partial charge >= 0.3 is 5.97 Å². The molecule has 6 heteroatoms. The molecule has 0 saturated heterocycles. The molecule has 1 aromatic heterocycles. The molecule has 0 radical (unpaired) electrons. The number of aromatic nitrogens is 2. The maximum absolute atomic E-state index is 11.3. The summed E-state index contributed by atoms with van der Waals surface area (Å²) >= 11 is 0. The van der Waals surface area contributed by atoms with Crippen LogP contribution < -0.4 is 5.32 Å². The summed E-state index contributed by atoms with van der Waals surface area (Å²) in [5.41, 5.74) is -1.72. The van der Waals surface area contributed by atoms with E-state index in [1.54, 1.807) is 13.8 Å². The molecular weight excluding hydrogens is 258 g/mol. The maximum Gasteiger partial charge on any atom is 0.310 e. The summed E-state index contributed by atoms with van der Waals surface area (Å²) in [6.07, 6.45) is 0. The molecule has 0 aromatic carbocycles. The standard InChI is InChI=1S/C14H25N3O3/c1-12(2,3)10-16-9(17-20-10)8-15-14(6,7)13(4,5)11(18)19/h15H,8H2,1-7H3,(H,18,19). The van der Waals surface area contributed by atoms with Crippen molar-refractivity contribution in [3.8, 4) is 0 Å². The minimum Gasteiger partial charge on any atom is -0.481 e. The van der Waals surface area contributed by atoms with Crippen LogP contribution in [-0.2, 0) is 16.8 Å². The Bertz CT molecular complexity index is 484. The summed E-state index contributed by atoms with van der Waals surface area (Å²) in [6, 6.07) is 0. The molecule has 0 atom stereocenters. The zero-order valence-electron chi connectivity index (χ0n) is 13.4. The third-order valence-electron chi connectivity index (χ3n) is 3.90. The second kappa shape index (κ2) is 5.16. The Morgan fingerprint density at radius 1 is 1.20 bits per heavy atom. The Morgan fingerprint density at radius 2 is 1.75 bits per heavy atom. The zero-order chi connectivity index (χ0) is 15.8. The third kappa shape index (κ3) is 3.36. The van der Waals surface area contributed by atoms with Crippen molar-refractivity contribution >= 4 is 5.97 Å². The molecule has 0 amide bonds. The number of carboxylic acids is 1. The predicted octanol–water partition coefficient (Wildman–Crippen LogP) is 2.35. The quantitative estimate of drug-likeness (QED) is 0.862. The van der Waals surface area contributed by atoms with Gasteiger partial charge in [-0.1, -0.05) is 25.9 Å². The SMILES string of the molecule is CC(C)(C)c1nc(CNC(C)(C)C(C)(C)C(=O)O)no1. The van der Waals surface area contributed by atoms with E-state index in [1.807, 2.05) is 34.6 Å². The molecule has 0 spiro atoms. The average Bonchev–Trinajstić information content (AvgIpc) is 2.74. The van der Waals surface area contributed by atoms with Crippen LogP contribution in [0.4, 0.5) is 0 Å². The van der Waals surface area contributed by atoms with E-state index in [4.69, 9.17) is 4.52 Å². The molecule has 1 heterocycles. The first-order valence-corrected chi connectivity index (χ1v) is 6.69. The summed E-state index contributed by atoms with van der Waals surface area (Å²) in [7, 11) is 0. The number of nitrogens with one attached hydrogen (secondary N) is 1. The van der Waals surface area contributed by atoms with E-state index in [-0.39, 0.29) is 5.41 Å². The van der Waals surface area contributed by atoms with Gasteiger partial charge in [-0.3, -0.25) is 4.79 Å². The Labute approximate surface area is 120 Å². The number of rotatable bonds is 5. The highest BCUT2D eigenvalue weighted by atomic mass is 16.5. The lowest BCUT2D eigenvalue weighted by atomic mass is 9.74. The fourth-order valence-corrected chi connectivity index (χ4v) is 1.42. The van der Waals surface area contributed by atoms with Gasteiger partial charge in [0, 0.05) is 11.0 Å². The maximum atomic E-state index is 11.3. The molecule has 0 saturated carbocycles. The number of aliphatic carboxylic acids is 1. The highest BCUT2D eigenvalue weighted by Crippen LogP contribution is 2.31. The molecule has 0 aliphatic rings. The molecule has 114 valence electrons. The Hall–Kier alpha value is -1.43. The van der Waals surface area contributed by atoms with E-state index >= 15 is 0 Å². The topological polar surface area (TPSA) is 88.2 Å². The van der Waals surface area contributed by atoms with E-state index in [0.717, 1.165) is 0 Å². The minimum absolute atomic E-state index is 0.193. The van der Waals surface area contributed by atoms with Crippen molar-refractivity contribution in [2.24, 2.45) is 5.41 Å². The van der Waals surface area contributed by atoms with E-state index in [1.165, 1.54) is 0 Å². The van der Waals surface area contributed by atoms with Crippen LogP contribution in [0, 0.1) is 5.41 Å². The molecular formula is C14H25N3O3. The van der Waals surface area contributed by atoms with Gasteiger partial charge in [0.1, 0.15) is 0 Å². The lowest BCUT2D eigenvalue weighted by molar-refractivity contribution is -0.151. The molecule has 2 N–H and O–H groups in total. The van der Waals surface area contributed by atoms with Gasteiger partial charge in [-0.2, -0.15) is 4.98 Å². The molecule has 1 rings (SSSR count). The van der Waals surface area contributed by atoms with Gasteiger partial charge < -0.3 is 14.9 Å². The fourth-order valence-electron chi connectivity index (χ4n) is 1.42. The number of hydrogen-bond acceptors (Lipinski definition) is 5. The van der Waals surface area contributed by atoms with Crippen LogP contribution in [0.15, 0.2) is 4.52 Å². The van der Waals surface area contributed by atoms with Crippen LogP contribution in [0.5, 0.6) is 0 Å². The summed E-state index contributed by atoms with van der Waals surface area (Å²) in [5, 5.41) is 16.4. The Kier molecular flexibility index (Phi) is 4.29. The van der Waals surface area contributed by atoms with Gasteiger partial charge in [0.25, 0.3) is 0 Å². The van der Waals surface area contributed by atoms with E-state index in [0.29, 0.717) is 18.3 Å². The third-order valence-corrected chi connectivity index (χ3v) is 3.90. The summed E-state index contributed by atoms with van der Waals surface area (Å²) in [4.78, 5) is 15.6. The Morgan fingerprint density at radius 3 is 2.15 bits per heavy atom. The summed E-state index contributed by atoms with van der Waals surface area (Å²) in [6.45, 7) is 13.4. The summed E-state index contributed by atoms with van der Waals surface area (Å²) in [5.74, 6) is 0.257. The van der Waals surface area contributed by atoms with Crippen LogP contribution in [0.2, 0.25) is 0 Å². The monoisotopic (exact) mass is 283 g/mol. The molecule has 20 heavy (non-hydrogen) atoms. The molecule has 6 nitrogen and oxygen atoms in total. The number of carboxylic acid groups (broad SMARTS) is 1. The van der Waals surface area contributed by atoms with E-state index in [2.05, 4.69) is 15.5 Å². The molecule has 0 bridgehead atoms. The number of nitrogens with zero attached hydrogens (tertiary/aromatic N) is 2. The Balaban J connectivity index is 2.77. The second-order valence-electron chi connectivity index (χ2n) is 7.17. The average molecular weight is 283 g/mol. The van der Waals surface area contributed by atoms with Gasteiger partial charge in [-0.15, -0.1) is 0 Å². The first kappa shape index (κ1) is 16.6. The van der Waals surface area contributed by atoms with Crippen molar-refractivity contribution in [1.29, 1.82) is 0 Å². The van der Waals surface area contributed by atoms with Crippen molar-refractivity contribution in [2.45, 2.75) is 66.0 Å². The van der Waals surface area contributed by atoms with Crippen LogP contribution >= 0.6 is 0 Å². The molecule has 0 fully saturated rings. The van der Waals surface area contributed by atoms with Crippen LogP contribution in [0.3, 0.4) is 0 Å². The van der Waals surface area contributed by atoms with Crippen LogP contribution in [0.1, 0.15) is 60.2 Å². The zero-order valence-corrected chi connectivity index (χ0v) is 13.4. The van der Waals surface area contributed by atoms with Crippen LogP contribution in [0.25, 0.3) is 0 Å². The van der Waals surface area contributed by atoms with Crippen molar-refractivity contribution in [3.63, 3.8) is 0 Å². The van der Waals surface area contributed by atoms with Gasteiger partial charge in [0.05, 0.1) is 12.0 Å². The van der Waals surface area contributed by atoms with Crippen LogP contribution in [-0.4, -0.2) is 26.8 Å². The highest BCUT2D eigenvalue weighted by Gasteiger charge is 2.43. The lowest BCUT2D eigenvalue weighted by Crippen LogP contribution is -2.54. The van der Waals surface area contributed by atoms with Gasteiger partial charge in [0.2, 0.25) is 5.89 Å². The van der Waals surface area contributed by atoms with E-state index in [9.17, 15) is 9.90 Å². The van der Waals surface area contributed by atoms with Gasteiger partial charge in [-0.05, 0) is 27.7 Å². The first-order chi connectivity index (χ1) is 8.88. The van der Waals surface area contributed by atoms with Crippen molar-refractivity contribution in [1.82, 2.24) is 15.5 Å². The molecule has 0 unspecified atom stereocenters. The van der Waals surface area contributed by atoms with Crippen molar-refractivity contribution in [2.75, 3.05) is 0 Å². The van der Waals surface area contributed by atoms with Crippen molar-refractivity contribution < 1.29 is 14.4 Å². The number of hydrogen-bond donors (Lipinski definition) is 2. The lowest BCUT2D eigenvalue weighted by Gasteiger charge is -2.38. The normalized spacial score (nSPS) is 13.6. The van der Waals surface area contributed by atoms with Gasteiger partial charge in [-0.25, -0.2) is 0 Å². The minimum atomic E-state index is -0.913.